The van der Waals surface area contributed by atoms with Crippen molar-refractivity contribution in [2.45, 2.75) is 13.3 Å². The van der Waals surface area contributed by atoms with E-state index in [2.05, 4.69) is 20.7 Å². The lowest BCUT2D eigenvalue weighted by Gasteiger charge is -1.97. The van der Waals surface area contributed by atoms with E-state index < -0.39 is 0 Å². The molecule has 6 nitrogen and oxygen atoms in total. The number of hydrogen-bond donors (Lipinski definition) is 3. The summed E-state index contributed by atoms with van der Waals surface area (Å²) in [6.07, 6.45) is 1.64. The summed E-state index contributed by atoms with van der Waals surface area (Å²) in [5, 5.41) is 8.81. The van der Waals surface area contributed by atoms with Crippen molar-refractivity contribution in [2.24, 2.45) is 5.10 Å². The van der Waals surface area contributed by atoms with Gasteiger partial charge in [0.2, 0.25) is 5.91 Å². The average Bonchev–Trinajstić information content (AvgIpc) is 2.77. The maximum atomic E-state index is 11.5. The molecule has 0 saturated heterocycles. The van der Waals surface area contributed by atoms with Crippen molar-refractivity contribution in [3.8, 4) is 0 Å². The molecule has 1 aromatic carbocycles. The van der Waals surface area contributed by atoms with Crippen LogP contribution in [-0.2, 0) is 11.2 Å². The predicted molar refractivity (Wildman–Crippen MR) is 72.0 cm³/mol. The fourth-order valence-corrected chi connectivity index (χ4v) is 1.51. The largest absolute Gasteiger partial charge is 0.302 e. The summed E-state index contributed by atoms with van der Waals surface area (Å²) in [6.45, 7) is 2.00. The Labute approximate surface area is 109 Å². The maximum Gasteiger partial charge on any atom is 0.264 e. The first kappa shape index (κ1) is 12.8. The molecule has 0 saturated carbocycles. The molecule has 2 aromatic rings. The lowest BCUT2D eigenvalue weighted by molar-refractivity contribution is -0.120. The molecule has 3 N–H and O–H groups in total. The van der Waals surface area contributed by atoms with Gasteiger partial charge in [0.15, 0.2) is 0 Å². The minimum absolute atomic E-state index is 0.0734. The summed E-state index contributed by atoms with van der Waals surface area (Å²) in [5.74, 6) is -0.293. The van der Waals surface area contributed by atoms with Crippen LogP contribution in [0.15, 0.2) is 40.2 Å². The fraction of sp³-hybridized carbons (Fsp3) is 0.154. The molecule has 98 valence electrons. The molecule has 0 fully saturated rings. The SMILES string of the molecule is Cc1ccc(C=NNC(=O)Cc2cc(=O)[nH][nH]2)cc1. The number of nitrogens with zero attached hydrogens (tertiary/aromatic N) is 1. The van der Waals surface area contributed by atoms with E-state index in [1.807, 2.05) is 31.2 Å². The van der Waals surface area contributed by atoms with Crippen LogP contribution in [0, 0.1) is 6.92 Å². The zero-order valence-electron chi connectivity index (χ0n) is 10.4. The topological polar surface area (TPSA) is 90.1 Å². The first-order valence-corrected chi connectivity index (χ1v) is 5.78. The van der Waals surface area contributed by atoms with Crippen molar-refractivity contribution >= 4 is 12.1 Å². The zero-order chi connectivity index (χ0) is 13.7. The highest BCUT2D eigenvalue weighted by Crippen LogP contribution is 1.99. The second-order valence-electron chi connectivity index (χ2n) is 4.16. The number of aryl methyl sites for hydroxylation is 1. The van der Waals surface area contributed by atoms with Gasteiger partial charge < -0.3 is 5.10 Å². The smallest absolute Gasteiger partial charge is 0.264 e. The Hall–Kier alpha value is -2.63. The number of hydrogen-bond acceptors (Lipinski definition) is 3. The van der Waals surface area contributed by atoms with E-state index in [9.17, 15) is 9.59 Å². The van der Waals surface area contributed by atoms with Gasteiger partial charge in [-0.2, -0.15) is 5.10 Å². The summed E-state index contributed by atoms with van der Waals surface area (Å²) < 4.78 is 0. The number of H-pyrrole nitrogens is 2. The monoisotopic (exact) mass is 258 g/mol. The van der Waals surface area contributed by atoms with E-state index in [1.165, 1.54) is 6.07 Å². The summed E-state index contributed by atoms with van der Waals surface area (Å²) in [7, 11) is 0. The van der Waals surface area contributed by atoms with Crippen LogP contribution in [0.4, 0.5) is 0 Å². The molecule has 1 aromatic heterocycles. The minimum atomic E-state index is -0.293. The van der Waals surface area contributed by atoms with E-state index in [4.69, 9.17) is 0 Å². The van der Waals surface area contributed by atoms with Crippen LogP contribution in [0.3, 0.4) is 0 Å². The van der Waals surface area contributed by atoms with Crippen LogP contribution in [0.5, 0.6) is 0 Å². The third-order valence-electron chi connectivity index (χ3n) is 2.48. The Morgan fingerprint density at radius 2 is 2.05 bits per heavy atom. The molecule has 0 radical (unpaired) electrons. The Bertz CT molecular complexity index is 637. The number of aromatic amines is 2. The minimum Gasteiger partial charge on any atom is -0.302 e. The van der Waals surface area contributed by atoms with Gasteiger partial charge >= 0.3 is 0 Å². The highest BCUT2D eigenvalue weighted by Gasteiger charge is 2.03. The van der Waals surface area contributed by atoms with E-state index in [1.54, 1.807) is 6.21 Å². The molecule has 0 aliphatic heterocycles. The van der Waals surface area contributed by atoms with Crippen molar-refractivity contribution in [2.75, 3.05) is 0 Å². The van der Waals surface area contributed by atoms with Gasteiger partial charge in [0.25, 0.3) is 5.56 Å². The number of amides is 1. The van der Waals surface area contributed by atoms with E-state index in [-0.39, 0.29) is 17.9 Å². The van der Waals surface area contributed by atoms with E-state index in [0.717, 1.165) is 11.1 Å². The van der Waals surface area contributed by atoms with Gasteiger partial charge in [-0.15, -0.1) is 0 Å². The number of carbonyl (C=O) groups excluding carboxylic acids is 1. The third-order valence-corrected chi connectivity index (χ3v) is 2.48. The zero-order valence-corrected chi connectivity index (χ0v) is 10.4. The number of nitrogens with one attached hydrogen (secondary N) is 3. The highest BCUT2D eigenvalue weighted by molar-refractivity contribution is 5.83. The first-order valence-electron chi connectivity index (χ1n) is 5.78. The van der Waals surface area contributed by atoms with Gasteiger partial charge in [-0.3, -0.25) is 14.7 Å². The molecule has 6 heteroatoms. The third kappa shape index (κ3) is 3.95. The Balaban J connectivity index is 1.86. The summed E-state index contributed by atoms with van der Waals surface area (Å²) in [5.41, 5.74) is 4.73. The van der Waals surface area contributed by atoms with Gasteiger partial charge in [0, 0.05) is 11.8 Å². The van der Waals surface area contributed by atoms with Gasteiger partial charge in [0.05, 0.1) is 12.6 Å². The standard InChI is InChI=1S/C13H14N4O2/c1-9-2-4-10(5-3-9)8-14-16-12(18)6-11-7-13(19)17-15-11/h2-5,7-8H,6H2,1H3,(H,16,18)(H2,15,17,19). The number of benzene rings is 1. The summed E-state index contributed by atoms with van der Waals surface area (Å²) in [4.78, 5) is 22.4. The lowest BCUT2D eigenvalue weighted by atomic mass is 10.2. The summed E-state index contributed by atoms with van der Waals surface area (Å²) in [6, 6.07) is 9.09. The van der Waals surface area contributed by atoms with Gasteiger partial charge in [0.1, 0.15) is 0 Å². The van der Waals surface area contributed by atoms with Gasteiger partial charge in [-0.05, 0) is 12.5 Å². The maximum absolute atomic E-state index is 11.5. The second-order valence-corrected chi connectivity index (χ2v) is 4.16. The lowest BCUT2D eigenvalue weighted by Crippen LogP contribution is -2.20. The second kappa shape index (κ2) is 5.81. The highest BCUT2D eigenvalue weighted by atomic mass is 16.2. The van der Waals surface area contributed by atoms with Crippen LogP contribution in [-0.4, -0.2) is 22.3 Å². The number of aromatic nitrogens is 2. The van der Waals surface area contributed by atoms with Crippen LogP contribution in [0.1, 0.15) is 16.8 Å². The molecule has 19 heavy (non-hydrogen) atoms. The molecule has 0 spiro atoms. The van der Waals surface area contributed by atoms with Crippen molar-refractivity contribution in [1.82, 2.24) is 15.6 Å². The van der Waals surface area contributed by atoms with Crippen molar-refractivity contribution in [3.63, 3.8) is 0 Å². The van der Waals surface area contributed by atoms with Crippen molar-refractivity contribution in [3.05, 3.63) is 57.5 Å². The summed E-state index contributed by atoms with van der Waals surface area (Å²) >= 11 is 0. The van der Waals surface area contributed by atoms with Crippen LogP contribution < -0.4 is 11.0 Å². The molecule has 2 rings (SSSR count). The Morgan fingerprint density at radius 3 is 2.68 bits per heavy atom. The molecule has 0 unspecified atom stereocenters. The van der Waals surface area contributed by atoms with Crippen LogP contribution in [0.2, 0.25) is 0 Å². The first-order chi connectivity index (χ1) is 9.13. The molecule has 0 aliphatic carbocycles. The predicted octanol–water partition coefficient (Wildman–Crippen LogP) is 0.704. The quantitative estimate of drug-likeness (QED) is 0.556. The molecule has 1 amide bonds. The molecule has 0 atom stereocenters. The molecular formula is C13H14N4O2. The Morgan fingerprint density at radius 1 is 1.32 bits per heavy atom. The van der Waals surface area contributed by atoms with E-state index >= 15 is 0 Å². The van der Waals surface area contributed by atoms with Gasteiger partial charge in [-0.25, -0.2) is 5.43 Å². The van der Waals surface area contributed by atoms with Crippen molar-refractivity contribution < 1.29 is 4.79 Å². The van der Waals surface area contributed by atoms with Crippen molar-refractivity contribution in [1.29, 1.82) is 0 Å². The molecule has 1 heterocycles. The Kier molecular flexibility index (Phi) is 3.92. The van der Waals surface area contributed by atoms with Gasteiger partial charge in [-0.1, -0.05) is 29.8 Å². The average molecular weight is 258 g/mol. The fourth-order valence-electron chi connectivity index (χ4n) is 1.51. The number of rotatable bonds is 4. The number of hydrazone groups is 1. The van der Waals surface area contributed by atoms with Crippen LogP contribution >= 0.6 is 0 Å². The number of carbonyl (C=O) groups is 1. The van der Waals surface area contributed by atoms with Crippen LogP contribution in [0.25, 0.3) is 0 Å². The molecule has 0 aliphatic rings. The normalized spacial score (nSPS) is 10.8. The molecular weight excluding hydrogens is 244 g/mol. The molecule has 0 bridgehead atoms. The van der Waals surface area contributed by atoms with E-state index in [0.29, 0.717) is 5.69 Å².